The third-order valence-corrected chi connectivity index (χ3v) is 3.11. The summed E-state index contributed by atoms with van der Waals surface area (Å²) in [5, 5.41) is 4.29. The van der Waals surface area contributed by atoms with Gasteiger partial charge < -0.3 is 10.1 Å². The molecule has 0 unspecified atom stereocenters. The molecule has 3 heteroatoms. The van der Waals surface area contributed by atoms with Crippen molar-refractivity contribution in [2.75, 3.05) is 6.61 Å². The van der Waals surface area contributed by atoms with E-state index in [1.165, 1.54) is 5.56 Å². The Bertz CT molecular complexity index is 312. The Morgan fingerprint density at radius 2 is 2.13 bits per heavy atom. The van der Waals surface area contributed by atoms with Gasteiger partial charge in [-0.25, -0.2) is 0 Å². The second-order valence-electron chi connectivity index (χ2n) is 3.98. The Kier molecular flexibility index (Phi) is 3.62. The molecule has 1 saturated heterocycles. The lowest BCUT2D eigenvalue weighted by Gasteiger charge is -2.15. The molecule has 1 fully saturated rings. The first kappa shape index (κ1) is 10.9. The van der Waals surface area contributed by atoms with Crippen LogP contribution in [0.3, 0.4) is 0 Å². The molecule has 1 N–H and O–H groups in total. The smallest absolute Gasteiger partial charge is 0.0700 e. The van der Waals surface area contributed by atoms with Crippen molar-refractivity contribution in [1.29, 1.82) is 0 Å². The highest BCUT2D eigenvalue weighted by Gasteiger charge is 2.23. The average Bonchev–Trinajstić information content (AvgIpc) is 2.63. The summed E-state index contributed by atoms with van der Waals surface area (Å²) in [6, 6.07) is 8.44. The topological polar surface area (TPSA) is 21.3 Å². The first-order chi connectivity index (χ1) is 7.25. The standard InChI is InChI=1S/C12H16ClNO/c1-9-12(6-7-15-9)14-8-10-2-4-11(13)5-3-10/h2-5,9,12,14H,6-8H2,1H3/t9-,12-/m0/s1. The van der Waals surface area contributed by atoms with Crippen molar-refractivity contribution in [3.8, 4) is 0 Å². The molecule has 0 radical (unpaired) electrons. The SMILES string of the molecule is C[C@@H]1OCC[C@@H]1NCc1ccc(Cl)cc1. The van der Waals surface area contributed by atoms with Crippen LogP contribution in [0.5, 0.6) is 0 Å². The van der Waals surface area contributed by atoms with Crippen LogP contribution < -0.4 is 5.32 Å². The summed E-state index contributed by atoms with van der Waals surface area (Å²) in [6.45, 7) is 3.88. The Morgan fingerprint density at radius 1 is 1.40 bits per heavy atom. The molecule has 1 aliphatic heterocycles. The predicted octanol–water partition coefficient (Wildman–Crippen LogP) is 2.61. The zero-order valence-electron chi connectivity index (χ0n) is 8.87. The quantitative estimate of drug-likeness (QED) is 0.854. The fourth-order valence-electron chi connectivity index (χ4n) is 1.85. The van der Waals surface area contributed by atoms with E-state index in [2.05, 4.69) is 24.4 Å². The van der Waals surface area contributed by atoms with Gasteiger partial charge in [0.2, 0.25) is 0 Å². The van der Waals surface area contributed by atoms with E-state index in [1.807, 2.05) is 12.1 Å². The van der Waals surface area contributed by atoms with Gasteiger partial charge in [0, 0.05) is 24.2 Å². The molecule has 15 heavy (non-hydrogen) atoms. The molecule has 1 aromatic rings. The molecule has 0 aliphatic carbocycles. The maximum absolute atomic E-state index is 5.82. The van der Waals surface area contributed by atoms with Crippen molar-refractivity contribution in [2.24, 2.45) is 0 Å². The van der Waals surface area contributed by atoms with Crippen LogP contribution in [0.2, 0.25) is 5.02 Å². The molecule has 0 aromatic heterocycles. The Balaban J connectivity index is 1.85. The van der Waals surface area contributed by atoms with E-state index >= 15 is 0 Å². The van der Waals surface area contributed by atoms with Crippen LogP contribution in [0, 0.1) is 0 Å². The fraction of sp³-hybridized carbons (Fsp3) is 0.500. The molecule has 0 bridgehead atoms. The normalized spacial score (nSPS) is 25.7. The van der Waals surface area contributed by atoms with Crippen molar-refractivity contribution in [2.45, 2.75) is 32.0 Å². The summed E-state index contributed by atoms with van der Waals surface area (Å²) < 4.78 is 5.49. The Labute approximate surface area is 95.6 Å². The van der Waals surface area contributed by atoms with Crippen molar-refractivity contribution in [1.82, 2.24) is 5.32 Å². The summed E-state index contributed by atoms with van der Waals surface area (Å²) >= 11 is 5.82. The molecule has 1 heterocycles. The monoisotopic (exact) mass is 225 g/mol. The molecule has 2 rings (SSSR count). The molecule has 1 aromatic carbocycles. The van der Waals surface area contributed by atoms with Gasteiger partial charge in [-0.1, -0.05) is 23.7 Å². The number of nitrogens with one attached hydrogen (secondary N) is 1. The van der Waals surface area contributed by atoms with Gasteiger partial charge in [-0.3, -0.25) is 0 Å². The van der Waals surface area contributed by atoms with Crippen LogP contribution in [0.25, 0.3) is 0 Å². The van der Waals surface area contributed by atoms with E-state index in [-0.39, 0.29) is 0 Å². The first-order valence-corrected chi connectivity index (χ1v) is 5.73. The molecule has 0 amide bonds. The van der Waals surface area contributed by atoms with Crippen molar-refractivity contribution in [3.05, 3.63) is 34.9 Å². The highest BCUT2D eigenvalue weighted by Crippen LogP contribution is 2.14. The molecule has 0 spiro atoms. The summed E-state index contributed by atoms with van der Waals surface area (Å²) in [7, 11) is 0. The average molecular weight is 226 g/mol. The number of benzene rings is 1. The largest absolute Gasteiger partial charge is 0.377 e. The zero-order chi connectivity index (χ0) is 10.7. The molecular weight excluding hydrogens is 210 g/mol. The maximum atomic E-state index is 5.82. The summed E-state index contributed by atoms with van der Waals surface area (Å²) in [4.78, 5) is 0. The van der Waals surface area contributed by atoms with Gasteiger partial charge in [-0.15, -0.1) is 0 Å². The molecule has 82 valence electrons. The predicted molar refractivity (Wildman–Crippen MR) is 62.1 cm³/mol. The van der Waals surface area contributed by atoms with Gasteiger partial charge in [0.15, 0.2) is 0 Å². The zero-order valence-corrected chi connectivity index (χ0v) is 9.63. The van der Waals surface area contributed by atoms with Gasteiger partial charge >= 0.3 is 0 Å². The third kappa shape index (κ3) is 2.94. The lowest BCUT2D eigenvalue weighted by atomic mass is 10.1. The van der Waals surface area contributed by atoms with Crippen LogP contribution >= 0.6 is 11.6 Å². The number of hydrogen-bond donors (Lipinski definition) is 1. The van der Waals surface area contributed by atoms with Crippen LogP contribution in [0.1, 0.15) is 18.9 Å². The molecular formula is C12H16ClNO. The summed E-state index contributed by atoms with van der Waals surface area (Å²) in [5.74, 6) is 0. The van der Waals surface area contributed by atoms with E-state index < -0.39 is 0 Å². The maximum Gasteiger partial charge on any atom is 0.0700 e. The fourth-order valence-corrected chi connectivity index (χ4v) is 1.98. The van der Waals surface area contributed by atoms with Gasteiger partial charge in [0.05, 0.1) is 6.10 Å². The Hall–Kier alpha value is -0.570. The summed E-state index contributed by atoms with van der Waals surface area (Å²) in [6.07, 6.45) is 1.44. The minimum absolute atomic E-state index is 0.331. The lowest BCUT2D eigenvalue weighted by Crippen LogP contribution is -2.34. The van der Waals surface area contributed by atoms with Crippen LogP contribution in [0.4, 0.5) is 0 Å². The minimum Gasteiger partial charge on any atom is -0.377 e. The van der Waals surface area contributed by atoms with E-state index in [9.17, 15) is 0 Å². The van der Waals surface area contributed by atoms with Crippen LogP contribution in [0.15, 0.2) is 24.3 Å². The Morgan fingerprint density at radius 3 is 2.73 bits per heavy atom. The van der Waals surface area contributed by atoms with E-state index in [1.54, 1.807) is 0 Å². The first-order valence-electron chi connectivity index (χ1n) is 5.35. The van der Waals surface area contributed by atoms with Crippen molar-refractivity contribution in [3.63, 3.8) is 0 Å². The van der Waals surface area contributed by atoms with E-state index in [4.69, 9.17) is 16.3 Å². The van der Waals surface area contributed by atoms with E-state index in [0.29, 0.717) is 12.1 Å². The highest BCUT2D eigenvalue weighted by atomic mass is 35.5. The molecule has 0 saturated carbocycles. The molecule has 2 nitrogen and oxygen atoms in total. The van der Waals surface area contributed by atoms with Crippen LogP contribution in [-0.2, 0) is 11.3 Å². The van der Waals surface area contributed by atoms with Gasteiger partial charge in [0.25, 0.3) is 0 Å². The van der Waals surface area contributed by atoms with E-state index in [0.717, 1.165) is 24.6 Å². The minimum atomic E-state index is 0.331. The second-order valence-corrected chi connectivity index (χ2v) is 4.41. The number of ether oxygens (including phenoxy) is 1. The number of hydrogen-bond acceptors (Lipinski definition) is 2. The van der Waals surface area contributed by atoms with Gasteiger partial charge in [-0.05, 0) is 31.0 Å². The van der Waals surface area contributed by atoms with Crippen molar-refractivity contribution >= 4 is 11.6 Å². The number of halogens is 1. The summed E-state index contributed by atoms with van der Waals surface area (Å²) in [5.41, 5.74) is 1.26. The van der Waals surface area contributed by atoms with Gasteiger partial charge in [-0.2, -0.15) is 0 Å². The molecule has 2 atom stereocenters. The lowest BCUT2D eigenvalue weighted by molar-refractivity contribution is 0.113. The van der Waals surface area contributed by atoms with Gasteiger partial charge in [0.1, 0.15) is 0 Å². The highest BCUT2D eigenvalue weighted by molar-refractivity contribution is 6.30. The number of rotatable bonds is 3. The third-order valence-electron chi connectivity index (χ3n) is 2.86. The van der Waals surface area contributed by atoms with Crippen molar-refractivity contribution < 1.29 is 4.74 Å². The molecule has 1 aliphatic rings. The second kappa shape index (κ2) is 4.97. The van der Waals surface area contributed by atoms with Crippen LogP contribution in [-0.4, -0.2) is 18.8 Å².